The fourth-order valence-electron chi connectivity index (χ4n) is 6.00. The first-order valence-corrected chi connectivity index (χ1v) is 14.8. The van der Waals surface area contributed by atoms with E-state index >= 15 is 0 Å². The summed E-state index contributed by atoms with van der Waals surface area (Å²) in [6.45, 7) is 9.71. The molecule has 10 nitrogen and oxygen atoms in total. The number of likely N-dealkylation sites (N-methyl/N-ethyl adjacent to an activating group) is 1. The van der Waals surface area contributed by atoms with Gasteiger partial charge in [-0.3, -0.25) is 4.79 Å². The SMILES string of the molecule is C=CC(=O)Nc1cc(Nc2ncc(O)c(-c3cn4c5c(cccc35)CCC4)n2)c(OC)cc1[B]CCN1CCN(C)CC1. The van der Waals surface area contributed by atoms with Gasteiger partial charge in [0.05, 0.1) is 24.5 Å². The quantitative estimate of drug-likeness (QED) is 0.194. The summed E-state index contributed by atoms with van der Waals surface area (Å²) in [7, 11) is 5.88. The second-order valence-electron chi connectivity index (χ2n) is 11.2. The maximum atomic E-state index is 12.3. The van der Waals surface area contributed by atoms with E-state index in [2.05, 4.69) is 75.3 Å². The Morgan fingerprint density at radius 1 is 1.19 bits per heavy atom. The molecule has 1 amide bonds. The second kappa shape index (κ2) is 12.5. The molecule has 6 rings (SSSR count). The highest BCUT2D eigenvalue weighted by Gasteiger charge is 2.21. The van der Waals surface area contributed by atoms with Gasteiger partial charge in [-0.25, -0.2) is 9.97 Å². The number of aryl methyl sites for hydroxylation is 2. The van der Waals surface area contributed by atoms with E-state index in [0.29, 0.717) is 28.8 Å². The largest absolute Gasteiger partial charge is 0.504 e. The highest BCUT2D eigenvalue weighted by molar-refractivity contribution is 6.56. The Hall–Kier alpha value is -4.35. The number of rotatable bonds is 10. The number of benzene rings is 2. The predicted molar refractivity (Wildman–Crippen MR) is 172 cm³/mol. The standard InChI is InChI=1S/C32H37BN7O3/c1-4-29(42)35-25-18-26(28(43-3)17-24(25)33-10-12-39-15-13-38(2)14-16-39)36-32-34-19-27(41)30(37-32)23-20-40-11-6-8-21-7-5-9-22(23)31(21)40/h4-5,7,9,17-20,41H,1,6,8,10-16H2,2-3H3,(H,35,42)(H,34,36,37). The lowest BCUT2D eigenvalue weighted by molar-refractivity contribution is -0.111. The van der Waals surface area contributed by atoms with Crippen LogP contribution < -0.4 is 20.8 Å². The van der Waals surface area contributed by atoms with Gasteiger partial charge in [-0.2, -0.15) is 0 Å². The molecule has 4 heterocycles. The number of carbonyl (C=O) groups is 1. The van der Waals surface area contributed by atoms with Crippen LogP contribution in [0.15, 0.2) is 55.4 Å². The molecule has 0 unspecified atom stereocenters. The monoisotopic (exact) mass is 578 g/mol. The van der Waals surface area contributed by atoms with E-state index in [1.54, 1.807) is 7.11 Å². The third kappa shape index (κ3) is 6.09. The Morgan fingerprint density at radius 3 is 2.81 bits per heavy atom. The third-order valence-corrected chi connectivity index (χ3v) is 8.32. The number of aromatic nitrogens is 3. The highest BCUT2D eigenvalue weighted by atomic mass is 16.5. The first kappa shape index (κ1) is 28.8. The van der Waals surface area contributed by atoms with Gasteiger partial charge >= 0.3 is 0 Å². The number of carbonyl (C=O) groups excluding carboxylic acids is 1. The van der Waals surface area contributed by atoms with Gasteiger partial charge in [-0.05, 0) is 50.2 Å². The zero-order valence-electron chi connectivity index (χ0n) is 24.8. The highest BCUT2D eigenvalue weighted by Crippen LogP contribution is 2.38. The number of methoxy groups -OCH3 is 1. The zero-order valence-corrected chi connectivity index (χ0v) is 24.8. The Labute approximate surface area is 252 Å². The average Bonchev–Trinajstić information content (AvgIpc) is 3.40. The van der Waals surface area contributed by atoms with Crippen molar-refractivity contribution in [1.29, 1.82) is 0 Å². The van der Waals surface area contributed by atoms with Gasteiger partial charge in [0.1, 0.15) is 11.4 Å². The number of anilines is 3. The molecule has 2 aliphatic rings. The Kier molecular flexibility index (Phi) is 8.35. The molecule has 4 aromatic rings. The summed E-state index contributed by atoms with van der Waals surface area (Å²) < 4.78 is 7.99. The van der Waals surface area contributed by atoms with Gasteiger partial charge in [-0.1, -0.05) is 36.6 Å². The molecular weight excluding hydrogens is 541 g/mol. The summed E-state index contributed by atoms with van der Waals surface area (Å²) in [4.78, 5) is 26.2. The van der Waals surface area contributed by atoms with Crippen LogP contribution in [0.5, 0.6) is 11.5 Å². The van der Waals surface area contributed by atoms with Crippen LogP contribution in [0.2, 0.25) is 6.32 Å². The molecular formula is C32H37BN7O3. The van der Waals surface area contributed by atoms with Gasteiger partial charge in [0.25, 0.3) is 0 Å². The normalized spacial score (nSPS) is 15.3. The first-order valence-electron chi connectivity index (χ1n) is 14.8. The van der Waals surface area contributed by atoms with E-state index in [1.807, 2.05) is 12.1 Å². The Bertz CT molecular complexity index is 1660. The number of nitrogens with zero attached hydrogens (tertiary/aromatic N) is 5. The summed E-state index contributed by atoms with van der Waals surface area (Å²) in [6, 6.07) is 10.0. The first-order chi connectivity index (χ1) is 20.9. The van der Waals surface area contributed by atoms with Crippen LogP contribution in [-0.2, 0) is 17.8 Å². The Morgan fingerprint density at radius 2 is 2.02 bits per heavy atom. The number of para-hydroxylation sites is 1. The number of amides is 1. The molecule has 3 N–H and O–H groups in total. The smallest absolute Gasteiger partial charge is 0.247 e. The number of hydrogen-bond donors (Lipinski definition) is 3. The van der Waals surface area contributed by atoms with Gasteiger partial charge in [0.15, 0.2) is 13.0 Å². The second-order valence-corrected chi connectivity index (χ2v) is 11.2. The van der Waals surface area contributed by atoms with Crippen molar-refractivity contribution in [3.8, 4) is 22.8 Å². The van der Waals surface area contributed by atoms with Crippen LogP contribution in [0.4, 0.5) is 17.3 Å². The third-order valence-electron chi connectivity index (χ3n) is 8.32. The maximum Gasteiger partial charge on any atom is 0.247 e. The van der Waals surface area contributed by atoms with E-state index in [0.717, 1.165) is 74.8 Å². The molecule has 0 atom stereocenters. The number of nitrogens with one attached hydrogen (secondary N) is 2. The van der Waals surface area contributed by atoms with Gasteiger partial charge in [0.2, 0.25) is 11.9 Å². The summed E-state index contributed by atoms with van der Waals surface area (Å²) in [5, 5.41) is 18.1. The molecule has 1 radical (unpaired) electrons. The summed E-state index contributed by atoms with van der Waals surface area (Å²) in [5.74, 6) is 0.574. The number of ether oxygens (including phenoxy) is 1. The molecule has 0 aliphatic carbocycles. The van der Waals surface area contributed by atoms with Gasteiger partial charge < -0.3 is 34.8 Å². The fourth-order valence-corrected chi connectivity index (χ4v) is 6.00. The molecule has 1 fully saturated rings. The fraction of sp³-hybridized carbons (Fsp3) is 0.344. The lowest BCUT2D eigenvalue weighted by atomic mass is 9.66. The molecule has 1 saturated heterocycles. The summed E-state index contributed by atoms with van der Waals surface area (Å²) >= 11 is 0. The van der Waals surface area contributed by atoms with Crippen LogP contribution in [0, 0.1) is 0 Å². The summed E-state index contributed by atoms with van der Waals surface area (Å²) in [6.07, 6.45) is 7.67. The van der Waals surface area contributed by atoms with E-state index in [-0.39, 0.29) is 11.7 Å². The topological polar surface area (TPSA) is 108 Å². The van der Waals surface area contributed by atoms with Crippen molar-refractivity contribution in [3.05, 3.63) is 60.9 Å². The van der Waals surface area contributed by atoms with Crippen molar-refractivity contribution in [1.82, 2.24) is 24.3 Å². The number of hydrogen-bond acceptors (Lipinski definition) is 8. The molecule has 11 heteroatoms. The van der Waals surface area contributed by atoms with Crippen LogP contribution in [0.1, 0.15) is 12.0 Å². The van der Waals surface area contributed by atoms with Crippen molar-refractivity contribution in [2.45, 2.75) is 25.7 Å². The van der Waals surface area contributed by atoms with Gasteiger partial charge in [-0.15, -0.1) is 0 Å². The minimum atomic E-state index is -0.305. The van der Waals surface area contributed by atoms with Crippen LogP contribution in [0.3, 0.4) is 0 Å². The molecule has 221 valence electrons. The molecule has 2 aliphatic heterocycles. The molecule has 0 spiro atoms. The van der Waals surface area contributed by atoms with Crippen molar-refractivity contribution in [3.63, 3.8) is 0 Å². The van der Waals surface area contributed by atoms with E-state index in [9.17, 15) is 9.90 Å². The molecule has 2 aromatic heterocycles. The Balaban J connectivity index is 1.28. The average molecular weight is 579 g/mol. The van der Waals surface area contributed by atoms with E-state index < -0.39 is 0 Å². The lowest BCUT2D eigenvalue weighted by Crippen LogP contribution is -2.45. The number of aromatic hydroxyl groups is 1. The molecule has 0 saturated carbocycles. The van der Waals surface area contributed by atoms with Crippen molar-refractivity contribution in [2.75, 3.05) is 57.5 Å². The molecule has 0 bridgehead atoms. The molecule has 43 heavy (non-hydrogen) atoms. The van der Waals surface area contributed by atoms with Crippen molar-refractivity contribution < 1.29 is 14.6 Å². The van der Waals surface area contributed by atoms with Crippen LogP contribution >= 0.6 is 0 Å². The predicted octanol–water partition coefficient (Wildman–Crippen LogP) is 3.62. The van der Waals surface area contributed by atoms with Crippen molar-refractivity contribution in [2.24, 2.45) is 0 Å². The van der Waals surface area contributed by atoms with E-state index in [1.165, 1.54) is 23.4 Å². The molecule has 2 aromatic carbocycles. The maximum absolute atomic E-state index is 12.3. The zero-order chi connectivity index (χ0) is 29.9. The number of piperazine rings is 1. The lowest BCUT2D eigenvalue weighted by Gasteiger charge is -2.32. The van der Waals surface area contributed by atoms with Crippen LogP contribution in [0.25, 0.3) is 22.2 Å². The minimum absolute atomic E-state index is 0.00505. The van der Waals surface area contributed by atoms with Gasteiger partial charge in [0, 0.05) is 55.6 Å². The van der Waals surface area contributed by atoms with Crippen molar-refractivity contribution >= 4 is 46.9 Å². The van der Waals surface area contributed by atoms with E-state index in [4.69, 9.17) is 9.72 Å². The minimum Gasteiger partial charge on any atom is -0.504 e. The van der Waals surface area contributed by atoms with Crippen LogP contribution in [-0.4, -0.2) is 89.5 Å². The summed E-state index contributed by atoms with van der Waals surface area (Å²) in [5.41, 5.74) is 5.87.